The van der Waals surface area contributed by atoms with E-state index in [9.17, 15) is 4.79 Å². The molecule has 0 aliphatic carbocycles. The van der Waals surface area contributed by atoms with E-state index in [-0.39, 0.29) is 5.43 Å². The lowest BCUT2D eigenvalue weighted by atomic mass is 10.1. The Morgan fingerprint density at radius 2 is 2.06 bits per heavy atom. The van der Waals surface area contributed by atoms with Crippen molar-refractivity contribution in [2.45, 2.75) is 27.2 Å². The van der Waals surface area contributed by atoms with Crippen LogP contribution in [0.4, 0.5) is 0 Å². The van der Waals surface area contributed by atoms with Crippen molar-refractivity contribution in [1.29, 1.82) is 0 Å². The second kappa shape index (κ2) is 4.12. The van der Waals surface area contributed by atoms with Crippen LogP contribution in [0.2, 0.25) is 0 Å². The van der Waals surface area contributed by atoms with Crippen LogP contribution in [0.15, 0.2) is 29.1 Å². The highest BCUT2D eigenvalue weighted by Gasteiger charge is 2.05. The van der Waals surface area contributed by atoms with Crippen LogP contribution >= 0.6 is 0 Å². The molecule has 1 heterocycles. The summed E-state index contributed by atoms with van der Waals surface area (Å²) in [5.41, 5.74) is 3.25. The summed E-state index contributed by atoms with van der Waals surface area (Å²) in [4.78, 5) is 15.3. The monoisotopic (exact) mass is 215 g/mol. The average molecular weight is 215 g/mol. The van der Waals surface area contributed by atoms with Gasteiger partial charge in [-0.3, -0.25) is 4.79 Å². The Hall–Kier alpha value is -1.57. The summed E-state index contributed by atoms with van der Waals surface area (Å²) in [5.74, 6) is 0.553. The van der Waals surface area contributed by atoms with Crippen molar-refractivity contribution in [2.24, 2.45) is 5.92 Å². The molecule has 1 N–H and O–H groups in total. The summed E-state index contributed by atoms with van der Waals surface area (Å²) in [7, 11) is 0. The standard InChI is InChI=1S/C14H17NO/c1-9(2)7-11-8-13(16)12-6-4-5-10(3)14(12)15-11/h4-6,8-9H,7H2,1-3H3,(H,15,16). The van der Waals surface area contributed by atoms with Crippen LogP contribution in [-0.2, 0) is 6.42 Å². The number of para-hydroxylation sites is 1. The largest absolute Gasteiger partial charge is 0.358 e. The third-order valence-electron chi connectivity index (χ3n) is 2.76. The van der Waals surface area contributed by atoms with Gasteiger partial charge in [0.25, 0.3) is 0 Å². The van der Waals surface area contributed by atoms with Gasteiger partial charge in [0.05, 0.1) is 5.52 Å². The summed E-state index contributed by atoms with van der Waals surface area (Å²) in [5, 5.41) is 0.785. The highest BCUT2D eigenvalue weighted by molar-refractivity contribution is 5.81. The van der Waals surface area contributed by atoms with Crippen LogP contribution in [-0.4, -0.2) is 4.98 Å². The molecule has 0 radical (unpaired) electrons. The third kappa shape index (κ3) is 2.01. The number of aryl methyl sites for hydroxylation is 1. The molecule has 0 bridgehead atoms. The molecule has 84 valence electrons. The summed E-state index contributed by atoms with van der Waals surface area (Å²) < 4.78 is 0. The van der Waals surface area contributed by atoms with Gasteiger partial charge in [0, 0.05) is 17.1 Å². The zero-order chi connectivity index (χ0) is 11.7. The molecule has 0 atom stereocenters. The van der Waals surface area contributed by atoms with Gasteiger partial charge in [-0.05, 0) is 30.9 Å². The SMILES string of the molecule is Cc1cccc2c(=O)cc(CC(C)C)[nH]c12. The Morgan fingerprint density at radius 1 is 1.31 bits per heavy atom. The molecule has 0 unspecified atom stereocenters. The first kappa shape index (κ1) is 10.9. The van der Waals surface area contributed by atoms with Crippen molar-refractivity contribution in [1.82, 2.24) is 4.98 Å². The van der Waals surface area contributed by atoms with Crippen molar-refractivity contribution < 1.29 is 0 Å². The van der Waals surface area contributed by atoms with E-state index < -0.39 is 0 Å². The van der Waals surface area contributed by atoms with Gasteiger partial charge in [0.15, 0.2) is 5.43 Å². The van der Waals surface area contributed by atoms with Crippen molar-refractivity contribution in [3.05, 3.63) is 45.7 Å². The Kier molecular flexibility index (Phi) is 2.82. The second-order valence-electron chi connectivity index (χ2n) is 4.75. The molecule has 2 heteroatoms. The number of hydrogen-bond donors (Lipinski definition) is 1. The fraction of sp³-hybridized carbons (Fsp3) is 0.357. The van der Waals surface area contributed by atoms with E-state index >= 15 is 0 Å². The number of aromatic amines is 1. The maximum absolute atomic E-state index is 11.9. The first-order valence-corrected chi connectivity index (χ1v) is 5.69. The summed E-state index contributed by atoms with van der Waals surface area (Å²) in [6, 6.07) is 7.55. The van der Waals surface area contributed by atoms with Crippen molar-refractivity contribution in [3.63, 3.8) is 0 Å². The molecule has 1 aromatic carbocycles. The molecular weight excluding hydrogens is 198 g/mol. The van der Waals surface area contributed by atoms with Gasteiger partial charge in [0.2, 0.25) is 0 Å². The van der Waals surface area contributed by atoms with Crippen LogP contribution < -0.4 is 5.43 Å². The van der Waals surface area contributed by atoms with Crippen LogP contribution in [0, 0.1) is 12.8 Å². The molecule has 16 heavy (non-hydrogen) atoms. The lowest BCUT2D eigenvalue weighted by molar-refractivity contribution is 0.636. The predicted octanol–water partition coefficient (Wildman–Crippen LogP) is 3.04. The Bertz CT molecular complexity index is 566. The molecule has 0 spiro atoms. The number of fused-ring (bicyclic) bond motifs is 1. The number of H-pyrrole nitrogens is 1. The number of pyridine rings is 1. The Labute approximate surface area is 95.3 Å². The van der Waals surface area contributed by atoms with E-state index in [2.05, 4.69) is 18.8 Å². The minimum atomic E-state index is 0.119. The van der Waals surface area contributed by atoms with E-state index in [1.54, 1.807) is 6.07 Å². The Balaban J connectivity index is 2.66. The number of benzene rings is 1. The zero-order valence-electron chi connectivity index (χ0n) is 10.0. The third-order valence-corrected chi connectivity index (χ3v) is 2.76. The number of aromatic nitrogens is 1. The maximum atomic E-state index is 11.9. The van der Waals surface area contributed by atoms with E-state index in [1.165, 1.54) is 0 Å². The van der Waals surface area contributed by atoms with Gasteiger partial charge in [-0.2, -0.15) is 0 Å². The lowest BCUT2D eigenvalue weighted by Crippen LogP contribution is -2.07. The predicted molar refractivity (Wildman–Crippen MR) is 67.8 cm³/mol. The molecule has 0 saturated carbocycles. The average Bonchev–Trinajstić information content (AvgIpc) is 2.19. The topological polar surface area (TPSA) is 32.9 Å². The smallest absolute Gasteiger partial charge is 0.189 e. The van der Waals surface area contributed by atoms with Gasteiger partial charge in [-0.1, -0.05) is 26.0 Å². The van der Waals surface area contributed by atoms with Crippen molar-refractivity contribution in [2.75, 3.05) is 0 Å². The number of nitrogens with one attached hydrogen (secondary N) is 1. The first-order valence-electron chi connectivity index (χ1n) is 5.69. The lowest BCUT2D eigenvalue weighted by Gasteiger charge is -2.08. The molecule has 0 aliphatic heterocycles. The maximum Gasteiger partial charge on any atom is 0.189 e. The minimum absolute atomic E-state index is 0.119. The van der Waals surface area contributed by atoms with Gasteiger partial charge in [-0.25, -0.2) is 0 Å². The first-order chi connectivity index (χ1) is 7.58. The molecule has 2 aromatic rings. The molecule has 1 aromatic heterocycles. The van der Waals surface area contributed by atoms with Crippen molar-refractivity contribution in [3.8, 4) is 0 Å². The van der Waals surface area contributed by atoms with Crippen molar-refractivity contribution >= 4 is 10.9 Å². The van der Waals surface area contributed by atoms with Gasteiger partial charge in [-0.15, -0.1) is 0 Å². The summed E-state index contributed by atoms with van der Waals surface area (Å²) in [6.45, 7) is 6.33. The molecule has 2 rings (SSSR count). The van der Waals surface area contributed by atoms with E-state index in [0.717, 1.165) is 28.6 Å². The molecular formula is C14H17NO. The molecule has 0 aliphatic rings. The summed E-state index contributed by atoms with van der Waals surface area (Å²) in [6.07, 6.45) is 0.916. The second-order valence-corrected chi connectivity index (χ2v) is 4.75. The molecule has 0 fully saturated rings. The minimum Gasteiger partial charge on any atom is -0.358 e. The molecule has 2 nitrogen and oxygen atoms in total. The van der Waals surface area contributed by atoms with Gasteiger partial charge >= 0.3 is 0 Å². The van der Waals surface area contributed by atoms with Crippen LogP contribution in [0.25, 0.3) is 10.9 Å². The summed E-state index contributed by atoms with van der Waals surface area (Å²) >= 11 is 0. The zero-order valence-corrected chi connectivity index (χ0v) is 10.0. The number of rotatable bonds is 2. The normalized spacial score (nSPS) is 11.2. The quantitative estimate of drug-likeness (QED) is 0.820. The van der Waals surface area contributed by atoms with Crippen LogP contribution in [0.5, 0.6) is 0 Å². The van der Waals surface area contributed by atoms with Crippen LogP contribution in [0.1, 0.15) is 25.1 Å². The van der Waals surface area contributed by atoms with Crippen LogP contribution in [0.3, 0.4) is 0 Å². The molecule has 0 amide bonds. The van der Waals surface area contributed by atoms with Gasteiger partial charge in [0.1, 0.15) is 0 Å². The number of hydrogen-bond acceptors (Lipinski definition) is 1. The Morgan fingerprint density at radius 3 is 2.75 bits per heavy atom. The highest BCUT2D eigenvalue weighted by atomic mass is 16.1. The fourth-order valence-electron chi connectivity index (χ4n) is 2.02. The van der Waals surface area contributed by atoms with E-state index in [4.69, 9.17) is 0 Å². The van der Waals surface area contributed by atoms with E-state index in [1.807, 2.05) is 25.1 Å². The highest BCUT2D eigenvalue weighted by Crippen LogP contribution is 2.14. The fourth-order valence-corrected chi connectivity index (χ4v) is 2.02. The van der Waals surface area contributed by atoms with E-state index in [0.29, 0.717) is 5.92 Å². The molecule has 0 saturated heterocycles. The van der Waals surface area contributed by atoms with Gasteiger partial charge < -0.3 is 4.98 Å².